The fourth-order valence-electron chi connectivity index (χ4n) is 2.74. The number of likely N-dealkylation sites (N-methyl/N-ethyl adjacent to an activating group) is 1. The van der Waals surface area contributed by atoms with Crippen molar-refractivity contribution in [2.75, 3.05) is 20.1 Å². The third-order valence-corrected chi connectivity index (χ3v) is 6.06. The quantitative estimate of drug-likeness (QED) is 0.562. The number of nitrogens with one attached hydrogen (secondary N) is 2. The Labute approximate surface area is 162 Å². The van der Waals surface area contributed by atoms with Crippen LogP contribution >= 0.6 is 0 Å². The van der Waals surface area contributed by atoms with Gasteiger partial charge in [0.25, 0.3) is 0 Å². The zero-order valence-corrected chi connectivity index (χ0v) is 16.2. The molecule has 0 spiro atoms. The van der Waals surface area contributed by atoms with E-state index in [1.54, 1.807) is 0 Å². The lowest BCUT2D eigenvalue weighted by Gasteiger charge is -2.16. The van der Waals surface area contributed by atoms with Crippen molar-refractivity contribution in [1.29, 1.82) is 0 Å². The average Bonchev–Trinajstić information content (AvgIpc) is 3.08. The fraction of sp³-hybridized carbons (Fsp3) is 0.263. The van der Waals surface area contributed by atoms with Crippen molar-refractivity contribution < 1.29 is 17.6 Å². The number of H-pyrrole nitrogens is 1. The van der Waals surface area contributed by atoms with Crippen LogP contribution in [0.4, 0.5) is 4.39 Å². The summed E-state index contributed by atoms with van der Waals surface area (Å²) in [6, 6.07) is 12.2. The minimum absolute atomic E-state index is 0.0610. The molecule has 1 heterocycles. The fourth-order valence-corrected chi connectivity index (χ4v) is 3.86. The number of para-hydroxylation sites is 2. The van der Waals surface area contributed by atoms with Crippen LogP contribution in [0, 0.1) is 5.82 Å². The number of imidazole rings is 1. The Hall–Kier alpha value is -2.78. The molecule has 0 aliphatic heterocycles. The molecule has 0 radical (unpaired) electrons. The van der Waals surface area contributed by atoms with E-state index in [1.807, 2.05) is 24.3 Å². The first kappa shape index (κ1) is 20.0. The van der Waals surface area contributed by atoms with E-state index in [4.69, 9.17) is 0 Å². The van der Waals surface area contributed by atoms with Gasteiger partial charge in [-0.3, -0.25) is 4.79 Å². The van der Waals surface area contributed by atoms with E-state index in [2.05, 4.69) is 15.3 Å². The molecule has 2 aromatic carbocycles. The van der Waals surface area contributed by atoms with Gasteiger partial charge in [0.05, 0.1) is 22.5 Å². The second-order valence-corrected chi connectivity index (χ2v) is 8.41. The number of aromatic amines is 1. The highest BCUT2D eigenvalue weighted by Crippen LogP contribution is 2.14. The number of carbonyl (C=O) groups is 1. The SMILES string of the molecule is CN(CC(=O)NCCCc1nc2ccccc2[nH]1)S(=O)(=O)c1ccc(F)cc1. The minimum Gasteiger partial charge on any atom is -0.355 e. The van der Waals surface area contributed by atoms with Crippen LogP contribution in [-0.2, 0) is 21.2 Å². The van der Waals surface area contributed by atoms with Gasteiger partial charge in [0.1, 0.15) is 11.6 Å². The number of aryl methyl sites for hydroxylation is 1. The average molecular weight is 404 g/mol. The van der Waals surface area contributed by atoms with Crippen LogP contribution in [0.15, 0.2) is 53.4 Å². The molecule has 1 amide bonds. The van der Waals surface area contributed by atoms with E-state index in [-0.39, 0.29) is 11.4 Å². The van der Waals surface area contributed by atoms with Gasteiger partial charge in [0, 0.05) is 20.0 Å². The van der Waals surface area contributed by atoms with Crippen LogP contribution in [0.5, 0.6) is 0 Å². The summed E-state index contributed by atoms with van der Waals surface area (Å²) < 4.78 is 38.7. The van der Waals surface area contributed by atoms with E-state index in [0.717, 1.165) is 33.3 Å². The summed E-state index contributed by atoms with van der Waals surface area (Å²) in [4.78, 5) is 19.7. The van der Waals surface area contributed by atoms with Gasteiger partial charge in [-0.05, 0) is 42.8 Å². The van der Waals surface area contributed by atoms with Crippen molar-refractivity contribution in [3.8, 4) is 0 Å². The molecule has 3 aromatic rings. The number of fused-ring (bicyclic) bond motifs is 1. The number of halogens is 1. The highest BCUT2D eigenvalue weighted by Gasteiger charge is 2.22. The van der Waals surface area contributed by atoms with Gasteiger partial charge < -0.3 is 10.3 Å². The summed E-state index contributed by atoms with van der Waals surface area (Å²) in [6.45, 7) is 0.0880. The highest BCUT2D eigenvalue weighted by atomic mass is 32.2. The van der Waals surface area contributed by atoms with E-state index in [0.29, 0.717) is 19.4 Å². The van der Waals surface area contributed by atoms with E-state index in [1.165, 1.54) is 19.2 Å². The first-order valence-corrected chi connectivity index (χ1v) is 10.2. The number of rotatable bonds is 8. The summed E-state index contributed by atoms with van der Waals surface area (Å²) in [5, 5.41) is 2.70. The Morgan fingerprint density at radius 3 is 2.61 bits per heavy atom. The second kappa shape index (κ2) is 8.49. The Bertz CT molecular complexity index is 1030. The third kappa shape index (κ3) is 4.73. The first-order chi connectivity index (χ1) is 13.4. The molecule has 0 bridgehead atoms. The van der Waals surface area contributed by atoms with Crippen molar-refractivity contribution in [2.45, 2.75) is 17.7 Å². The molecule has 2 N–H and O–H groups in total. The zero-order chi connectivity index (χ0) is 20.1. The molecule has 0 unspecified atom stereocenters. The van der Waals surface area contributed by atoms with Gasteiger partial charge in [-0.25, -0.2) is 17.8 Å². The van der Waals surface area contributed by atoms with Gasteiger partial charge in [-0.2, -0.15) is 4.31 Å². The molecule has 148 valence electrons. The number of nitrogens with zero attached hydrogens (tertiary/aromatic N) is 2. The van der Waals surface area contributed by atoms with Gasteiger partial charge in [0.2, 0.25) is 15.9 Å². The summed E-state index contributed by atoms with van der Waals surface area (Å²) in [7, 11) is -2.54. The molecule has 0 atom stereocenters. The van der Waals surface area contributed by atoms with Gasteiger partial charge in [-0.1, -0.05) is 12.1 Å². The minimum atomic E-state index is -3.85. The number of hydrogen-bond donors (Lipinski definition) is 2. The summed E-state index contributed by atoms with van der Waals surface area (Å²) in [5.41, 5.74) is 1.86. The van der Waals surface area contributed by atoms with Crippen LogP contribution < -0.4 is 5.32 Å². The van der Waals surface area contributed by atoms with E-state index < -0.39 is 21.7 Å². The molecule has 28 heavy (non-hydrogen) atoms. The smallest absolute Gasteiger partial charge is 0.243 e. The normalized spacial score (nSPS) is 11.8. The summed E-state index contributed by atoms with van der Waals surface area (Å²) in [6.07, 6.45) is 1.33. The van der Waals surface area contributed by atoms with Crippen LogP contribution in [0.1, 0.15) is 12.2 Å². The maximum atomic E-state index is 13.0. The Morgan fingerprint density at radius 2 is 1.89 bits per heavy atom. The number of amides is 1. The van der Waals surface area contributed by atoms with Crippen LogP contribution in [0.25, 0.3) is 11.0 Å². The molecule has 3 rings (SSSR count). The standard InChI is InChI=1S/C19H21FN4O3S/c1-24(28(26,27)15-10-8-14(20)9-11-15)13-19(25)21-12-4-7-18-22-16-5-2-3-6-17(16)23-18/h2-3,5-6,8-11H,4,7,12-13H2,1H3,(H,21,25)(H,22,23). The van der Waals surface area contributed by atoms with E-state index in [9.17, 15) is 17.6 Å². The second-order valence-electron chi connectivity index (χ2n) is 6.37. The topological polar surface area (TPSA) is 95.2 Å². The van der Waals surface area contributed by atoms with Gasteiger partial charge in [0.15, 0.2) is 0 Å². The van der Waals surface area contributed by atoms with Gasteiger partial charge >= 0.3 is 0 Å². The molecule has 1 aromatic heterocycles. The summed E-state index contributed by atoms with van der Waals surface area (Å²) in [5.74, 6) is -0.0898. The van der Waals surface area contributed by atoms with Crippen molar-refractivity contribution in [2.24, 2.45) is 0 Å². The number of sulfonamides is 1. The van der Waals surface area contributed by atoms with Crippen LogP contribution in [-0.4, -0.2) is 48.7 Å². The molecule has 0 aliphatic rings. The van der Waals surface area contributed by atoms with Crippen LogP contribution in [0.3, 0.4) is 0 Å². The van der Waals surface area contributed by atoms with Crippen molar-refractivity contribution in [1.82, 2.24) is 19.6 Å². The van der Waals surface area contributed by atoms with E-state index >= 15 is 0 Å². The van der Waals surface area contributed by atoms with Gasteiger partial charge in [-0.15, -0.1) is 0 Å². The first-order valence-electron chi connectivity index (χ1n) is 8.78. The number of carbonyl (C=O) groups excluding carboxylic acids is 1. The molecular formula is C19H21FN4O3S. The maximum Gasteiger partial charge on any atom is 0.243 e. The monoisotopic (exact) mass is 404 g/mol. The van der Waals surface area contributed by atoms with Crippen molar-refractivity contribution >= 4 is 27.0 Å². The molecule has 0 saturated heterocycles. The maximum absolute atomic E-state index is 13.0. The Morgan fingerprint density at radius 1 is 1.18 bits per heavy atom. The molecular weight excluding hydrogens is 383 g/mol. The highest BCUT2D eigenvalue weighted by molar-refractivity contribution is 7.89. The summed E-state index contributed by atoms with van der Waals surface area (Å²) >= 11 is 0. The predicted molar refractivity (Wildman–Crippen MR) is 104 cm³/mol. The molecule has 0 fully saturated rings. The Balaban J connectivity index is 1.46. The van der Waals surface area contributed by atoms with Crippen LogP contribution in [0.2, 0.25) is 0 Å². The largest absolute Gasteiger partial charge is 0.355 e. The molecule has 7 nitrogen and oxygen atoms in total. The number of aromatic nitrogens is 2. The lowest BCUT2D eigenvalue weighted by molar-refractivity contribution is -0.121. The number of hydrogen-bond acceptors (Lipinski definition) is 4. The Kier molecular flexibility index (Phi) is 6.05. The molecule has 9 heteroatoms. The van der Waals surface area contributed by atoms with Crippen molar-refractivity contribution in [3.63, 3.8) is 0 Å². The van der Waals surface area contributed by atoms with Crippen molar-refractivity contribution in [3.05, 3.63) is 60.2 Å². The lowest BCUT2D eigenvalue weighted by Crippen LogP contribution is -2.38. The lowest BCUT2D eigenvalue weighted by atomic mass is 10.3. The molecule has 0 aliphatic carbocycles. The number of benzene rings is 2. The zero-order valence-electron chi connectivity index (χ0n) is 15.4. The third-order valence-electron chi connectivity index (χ3n) is 4.24. The predicted octanol–water partition coefficient (Wildman–Crippen LogP) is 2.07. The molecule has 0 saturated carbocycles.